The van der Waals surface area contributed by atoms with E-state index in [9.17, 15) is 0 Å². The van der Waals surface area contributed by atoms with Gasteiger partial charge in [0.05, 0.1) is 0 Å². The van der Waals surface area contributed by atoms with Crippen LogP contribution in [0.4, 0.5) is 0 Å². The summed E-state index contributed by atoms with van der Waals surface area (Å²) in [4.78, 5) is 4.19. The molecule has 0 saturated carbocycles. The van der Waals surface area contributed by atoms with E-state index in [0.717, 1.165) is 13.0 Å². The molecule has 0 saturated heterocycles. The first-order chi connectivity index (χ1) is 9.06. The standard InChI is InChI=1S/C15H21N3O/c1-10-5-6-14(11(2)9-10)12(3)16-8-7-15-17-13(4)18-19-15/h5-6,9,12,16H,7-8H2,1-4H3. The molecule has 0 amide bonds. The van der Waals surface area contributed by atoms with Crippen molar-refractivity contribution in [3.05, 3.63) is 46.6 Å². The van der Waals surface area contributed by atoms with Crippen molar-refractivity contribution in [1.29, 1.82) is 0 Å². The van der Waals surface area contributed by atoms with E-state index in [4.69, 9.17) is 4.52 Å². The number of nitrogens with one attached hydrogen (secondary N) is 1. The molecule has 1 unspecified atom stereocenters. The van der Waals surface area contributed by atoms with Gasteiger partial charge in [-0.2, -0.15) is 4.98 Å². The summed E-state index contributed by atoms with van der Waals surface area (Å²) in [7, 11) is 0. The third-order valence-electron chi connectivity index (χ3n) is 3.25. The molecule has 2 aromatic rings. The van der Waals surface area contributed by atoms with Crippen molar-refractivity contribution in [2.24, 2.45) is 0 Å². The summed E-state index contributed by atoms with van der Waals surface area (Å²) in [5, 5.41) is 7.27. The highest BCUT2D eigenvalue weighted by Crippen LogP contribution is 2.18. The molecule has 2 rings (SSSR count). The van der Waals surface area contributed by atoms with E-state index in [2.05, 4.69) is 54.4 Å². The SMILES string of the molecule is Cc1ccc(C(C)NCCc2nc(C)no2)c(C)c1. The van der Waals surface area contributed by atoms with Crippen LogP contribution in [0.25, 0.3) is 0 Å². The van der Waals surface area contributed by atoms with Crippen LogP contribution in [0.2, 0.25) is 0 Å². The summed E-state index contributed by atoms with van der Waals surface area (Å²) in [6, 6.07) is 6.89. The topological polar surface area (TPSA) is 51.0 Å². The van der Waals surface area contributed by atoms with Gasteiger partial charge in [-0.1, -0.05) is 28.9 Å². The molecule has 1 atom stereocenters. The minimum absolute atomic E-state index is 0.324. The highest BCUT2D eigenvalue weighted by molar-refractivity contribution is 5.32. The number of benzene rings is 1. The predicted molar refractivity (Wildman–Crippen MR) is 75.1 cm³/mol. The number of hydrogen-bond donors (Lipinski definition) is 1. The van der Waals surface area contributed by atoms with Gasteiger partial charge in [-0.05, 0) is 38.8 Å². The molecular weight excluding hydrogens is 238 g/mol. The smallest absolute Gasteiger partial charge is 0.227 e. The zero-order valence-corrected chi connectivity index (χ0v) is 12.0. The van der Waals surface area contributed by atoms with Gasteiger partial charge in [-0.15, -0.1) is 0 Å². The van der Waals surface area contributed by atoms with Gasteiger partial charge in [-0.25, -0.2) is 0 Å². The first-order valence-corrected chi connectivity index (χ1v) is 6.66. The molecule has 4 nitrogen and oxygen atoms in total. The lowest BCUT2D eigenvalue weighted by Gasteiger charge is -2.16. The highest BCUT2D eigenvalue weighted by atomic mass is 16.5. The van der Waals surface area contributed by atoms with Crippen LogP contribution in [0.15, 0.2) is 22.7 Å². The van der Waals surface area contributed by atoms with E-state index in [1.807, 2.05) is 6.92 Å². The van der Waals surface area contributed by atoms with Gasteiger partial charge in [0, 0.05) is 19.0 Å². The fourth-order valence-corrected chi connectivity index (χ4v) is 2.26. The average molecular weight is 259 g/mol. The second kappa shape index (κ2) is 5.97. The van der Waals surface area contributed by atoms with Crippen LogP contribution in [0.1, 0.15) is 41.4 Å². The van der Waals surface area contributed by atoms with Crippen LogP contribution < -0.4 is 5.32 Å². The Hall–Kier alpha value is -1.68. The second-order valence-electron chi connectivity index (χ2n) is 5.02. The van der Waals surface area contributed by atoms with Crippen LogP contribution in [-0.2, 0) is 6.42 Å². The zero-order valence-electron chi connectivity index (χ0n) is 12.0. The summed E-state index contributed by atoms with van der Waals surface area (Å²) in [5.41, 5.74) is 3.97. The Balaban J connectivity index is 1.88. The van der Waals surface area contributed by atoms with Gasteiger partial charge in [0.25, 0.3) is 0 Å². The molecule has 0 spiro atoms. The molecule has 19 heavy (non-hydrogen) atoms. The molecule has 0 bridgehead atoms. The van der Waals surface area contributed by atoms with Crippen LogP contribution in [-0.4, -0.2) is 16.7 Å². The maximum Gasteiger partial charge on any atom is 0.227 e. The molecule has 1 aromatic heterocycles. The van der Waals surface area contributed by atoms with Crippen molar-refractivity contribution in [3.8, 4) is 0 Å². The monoisotopic (exact) mass is 259 g/mol. The summed E-state index contributed by atoms with van der Waals surface area (Å²) < 4.78 is 5.09. The van der Waals surface area contributed by atoms with Crippen molar-refractivity contribution in [3.63, 3.8) is 0 Å². The van der Waals surface area contributed by atoms with Crippen molar-refractivity contribution < 1.29 is 4.52 Å². The van der Waals surface area contributed by atoms with E-state index >= 15 is 0 Å². The van der Waals surface area contributed by atoms with E-state index < -0.39 is 0 Å². The summed E-state index contributed by atoms with van der Waals surface area (Å²) in [6.45, 7) is 9.11. The maximum atomic E-state index is 5.09. The minimum Gasteiger partial charge on any atom is -0.339 e. The zero-order chi connectivity index (χ0) is 13.8. The van der Waals surface area contributed by atoms with E-state index in [-0.39, 0.29) is 0 Å². The molecule has 0 aliphatic rings. The summed E-state index contributed by atoms with van der Waals surface area (Å²) in [5.74, 6) is 1.38. The lowest BCUT2D eigenvalue weighted by Crippen LogP contribution is -2.22. The number of aryl methyl sites for hydroxylation is 3. The predicted octanol–water partition coefficient (Wildman–Crippen LogP) is 2.89. The van der Waals surface area contributed by atoms with Crippen LogP contribution in [0.3, 0.4) is 0 Å². The summed E-state index contributed by atoms with van der Waals surface area (Å²) >= 11 is 0. The summed E-state index contributed by atoms with van der Waals surface area (Å²) in [6.07, 6.45) is 0.760. The van der Waals surface area contributed by atoms with Crippen molar-refractivity contribution in [1.82, 2.24) is 15.5 Å². The van der Waals surface area contributed by atoms with Gasteiger partial charge in [-0.3, -0.25) is 0 Å². The number of hydrogen-bond acceptors (Lipinski definition) is 4. The van der Waals surface area contributed by atoms with Crippen molar-refractivity contribution >= 4 is 0 Å². The molecule has 102 valence electrons. The van der Waals surface area contributed by atoms with Gasteiger partial charge in [0.1, 0.15) is 0 Å². The maximum absolute atomic E-state index is 5.09. The molecule has 0 aliphatic heterocycles. The Morgan fingerprint density at radius 3 is 2.68 bits per heavy atom. The van der Waals surface area contributed by atoms with Crippen molar-refractivity contribution in [2.45, 2.75) is 40.2 Å². The van der Waals surface area contributed by atoms with E-state index in [1.54, 1.807) is 0 Å². The molecule has 0 fully saturated rings. The molecule has 0 aliphatic carbocycles. The third-order valence-corrected chi connectivity index (χ3v) is 3.25. The fourth-order valence-electron chi connectivity index (χ4n) is 2.26. The quantitative estimate of drug-likeness (QED) is 0.897. The van der Waals surface area contributed by atoms with E-state index in [1.165, 1.54) is 16.7 Å². The Kier molecular flexibility index (Phi) is 4.32. The average Bonchev–Trinajstić information content (AvgIpc) is 2.75. The molecule has 4 heteroatoms. The van der Waals surface area contributed by atoms with Crippen molar-refractivity contribution in [2.75, 3.05) is 6.54 Å². The second-order valence-corrected chi connectivity index (χ2v) is 5.02. The Morgan fingerprint density at radius 2 is 2.05 bits per heavy atom. The fraction of sp³-hybridized carbons (Fsp3) is 0.467. The Morgan fingerprint density at radius 1 is 1.26 bits per heavy atom. The minimum atomic E-state index is 0.324. The van der Waals surface area contributed by atoms with Crippen LogP contribution in [0.5, 0.6) is 0 Å². The lowest BCUT2D eigenvalue weighted by atomic mass is 10.0. The molecule has 1 heterocycles. The molecule has 1 N–H and O–H groups in total. The van der Waals surface area contributed by atoms with Gasteiger partial charge in [0.15, 0.2) is 5.82 Å². The molecule has 1 aromatic carbocycles. The lowest BCUT2D eigenvalue weighted by molar-refractivity contribution is 0.370. The Bertz CT molecular complexity index is 548. The van der Waals surface area contributed by atoms with Gasteiger partial charge >= 0.3 is 0 Å². The number of nitrogens with zero attached hydrogens (tertiary/aromatic N) is 2. The normalized spacial score (nSPS) is 12.6. The van der Waals surface area contributed by atoms with E-state index in [0.29, 0.717) is 17.8 Å². The first-order valence-electron chi connectivity index (χ1n) is 6.66. The van der Waals surface area contributed by atoms with Gasteiger partial charge in [0.2, 0.25) is 5.89 Å². The van der Waals surface area contributed by atoms with Gasteiger partial charge < -0.3 is 9.84 Å². The van der Waals surface area contributed by atoms with Crippen LogP contribution >= 0.6 is 0 Å². The first kappa shape index (κ1) is 13.7. The Labute approximate surface area is 114 Å². The number of rotatable bonds is 5. The van der Waals surface area contributed by atoms with Crippen LogP contribution in [0, 0.1) is 20.8 Å². The third kappa shape index (κ3) is 3.64. The molecular formula is C15H21N3O. The molecule has 0 radical (unpaired) electrons. The largest absolute Gasteiger partial charge is 0.339 e. The highest BCUT2D eigenvalue weighted by Gasteiger charge is 2.09. The number of aromatic nitrogens is 2.